The van der Waals surface area contributed by atoms with E-state index >= 15 is 0 Å². The van der Waals surface area contributed by atoms with Gasteiger partial charge in [-0.1, -0.05) is 30.3 Å². The van der Waals surface area contributed by atoms with E-state index in [4.69, 9.17) is 0 Å². The van der Waals surface area contributed by atoms with Gasteiger partial charge < -0.3 is 15.7 Å². The Morgan fingerprint density at radius 2 is 2.26 bits per heavy atom. The topological polar surface area (TPSA) is 61.4 Å². The molecule has 0 aliphatic carbocycles. The molecule has 1 aliphatic heterocycles. The minimum atomic E-state index is -0.315. The molecule has 1 aliphatic rings. The van der Waals surface area contributed by atoms with E-state index in [1.54, 1.807) is 0 Å². The highest BCUT2D eigenvalue weighted by atomic mass is 32.2. The van der Waals surface area contributed by atoms with E-state index in [2.05, 4.69) is 10.6 Å². The van der Waals surface area contributed by atoms with Crippen molar-refractivity contribution < 1.29 is 9.90 Å². The molecule has 1 aromatic rings. The second-order valence-electron chi connectivity index (χ2n) is 4.64. The molecule has 19 heavy (non-hydrogen) atoms. The summed E-state index contributed by atoms with van der Waals surface area (Å²) in [7, 11) is 0. The highest BCUT2D eigenvalue weighted by Gasteiger charge is 2.19. The Morgan fingerprint density at radius 1 is 1.47 bits per heavy atom. The van der Waals surface area contributed by atoms with Crippen LogP contribution in [0.25, 0.3) is 0 Å². The van der Waals surface area contributed by atoms with Crippen LogP contribution in [0.5, 0.6) is 0 Å². The standard InChI is InChI=1S/C14H20N2O2S/c17-9-13(11-4-2-1-3-5-11)16-14(18)8-12-10-19-7-6-15-12/h1-5,12-13,15,17H,6-10H2,(H,16,18)/t12?,13-/m1/s1. The number of thioether (sulfide) groups is 1. The molecule has 0 aromatic heterocycles. The van der Waals surface area contributed by atoms with Crippen molar-refractivity contribution in [2.45, 2.75) is 18.5 Å². The van der Waals surface area contributed by atoms with Crippen LogP contribution in [0.2, 0.25) is 0 Å². The number of nitrogens with one attached hydrogen (secondary N) is 2. The van der Waals surface area contributed by atoms with Crippen LogP contribution in [-0.2, 0) is 4.79 Å². The molecular formula is C14H20N2O2S. The molecule has 1 fully saturated rings. The van der Waals surface area contributed by atoms with E-state index in [1.165, 1.54) is 0 Å². The zero-order chi connectivity index (χ0) is 13.5. The zero-order valence-corrected chi connectivity index (χ0v) is 11.7. The lowest BCUT2D eigenvalue weighted by atomic mass is 10.1. The summed E-state index contributed by atoms with van der Waals surface area (Å²) in [4.78, 5) is 12.0. The van der Waals surface area contributed by atoms with Crippen molar-refractivity contribution in [1.82, 2.24) is 10.6 Å². The summed E-state index contributed by atoms with van der Waals surface area (Å²) < 4.78 is 0. The van der Waals surface area contributed by atoms with Gasteiger partial charge in [-0.2, -0.15) is 11.8 Å². The monoisotopic (exact) mass is 280 g/mol. The third kappa shape index (κ3) is 4.53. The first-order valence-corrected chi connectivity index (χ1v) is 7.71. The highest BCUT2D eigenvalue weighted by molar-refractivity contribution is 7.99. The van der Waals surface area contributed by atoms with E-state index in [1.807, 2.05) is 42.1 Å². The first-order chi connectivity index (χ1) is 9.29. The number of aliphatic hydroxyl groups excluding tert-OH is 1. The quantitative estimate of drug-likeness (QED) is 0.751. The van der Waals surface area contributed by atoms with Crippen LogP contribution >= 0.6 is 11.8 Å². The Kier molecular flexibility index (Phi) is 5.69. The maximum absolute atomic E-state index is 12.0. The predicted molar refractivity (Wildman–Crippen MR) is 78.1 cm³/mol. The lowest BCUT2D eigenvalue weighted by molar-refractivity contribution is -0.122. The maximum atomic E-state index is 12.0. The molecule has 0 radical (unpaired) electrons. The molecule has 5 heteroatoms. The Labute approximate surface area is 118 Å². The van der Waals surface area contributed by atoms with Crippen LogP contribution in [-0.4, -0.2) is 41.7 Å². The van der Waals surface area contributed by atoms with E-state index in [0.717, 1.165) is 23.6 Å². The largest absolute Gasteiger partial charge is 0.394 e. The maximum Gasteiger partial charge on any atom is 0.222 e. The van der Waals surface area contributed by atoms with Crippen molar-refractivity contribution in [3.63, 3.8) is 0 Å². The lowest BCUT2D eigenvalue weighted by Crippen LogP contribution is -2.42. The number of hydrogen-bond acceptors (Lipinski definition) is 4. The molecule has 1 aromatic carbocycles. The summed E-state index contributed by atoms with van der Waals surface area (Å²) in [5, 5.41) is 15.6. The van der Waals surface area contributed by atoms with Crippen molar-refractivity contribution in [2.24, 2.45) is 0 Å². The molecule has 0 bridgehead atoms. The van der Waals surface area contributed by atoms with Crippen molar-refractivity contribution in [1.29, 1.82) is 0 Å². The van der Waals surface area contributed by atoms with Gasteiger partial charge in [0.2, 0.25) is 5.91 Å². The normalized spacial score (nSPS) is 20.8. The molecule has 1 heterocycles. The van der Waals surface area contributed by atoms with Crippen molar-refractivity contribution in [3.8, 4) is 0 Å². The van der Waals surface area contributed by atoms with Gasteiger partial charge in [-0.3, -0.25) is 4.79 Å². The predicted octanol–water partition coefficient (Wildman–Crippen LogP) is 0.931. The molecular weight excluding hydrogens is 260 g/mol. The van der Waals surface area contributed by atoms with Gasteiger partial charge in [0.15, 0.2) is 0 Å². The molecule has 4 nitrogen and oxygen atoms in total. The minimum Gasteiger partial charge on any atom is -0.394 e. The van der Waals surface area contributed by atoms with Gasteiger partial charge in [-0.05, 0) is 5.56 Å². The fourth-order valence-electron chi connectivity index (χ4n) is 2.15. The van der Waals surface area contributed by atoms with Crippen molar-refractivity contribution in [2.75, 3.05) is 24.7 Å². The van der Waals surface area contributed by atoms with E-state index in [9.17, 15) is 9.90 Å². The van der Waals surface area contributed by atoms with Crippen LogP contribution in [0, 0.1) is 0 Å². The Morgan fingerprint density at radius 3 is 2.89 bits per heavy atom. The number of amides is 1. The van der Waals surface area contributed by atoms with Crippen LogP contribution in [0.1, 0.15) is 18.0 Å². The molecule has 0 spiro atoms. The minimum absolute atomic E-state index is 0.0112. The van der Waals surface area contributed by atoms with Gasteiger partial charge in [0, 0.05) is 30.5 Å². The SMILES string of the molecule is O=C(CC1CSCCN1)N[C@H](CO)c1ccccc1. The lowest BCUT2D eigenvalue weighted by Gasteiger charge is -2.24. The third-order valence-electron chi connectivity index (χ3n) is 3.15. The molecule has 1 amide bonds. The van der Waals surface area contributed by atoms with E-state index < -0.39 is 0 Å². The Balaban J connectivity index is 1.85. The molecule has 2 atom stereocenters. The molecule has 1 unspecified atom stereocenters. The number of benzene rings is 1. The Hall–Kier alpha value is -1.04. The highest BCUT2D eigenvalue weighted by Crippen LogP contribution is 2.14. The van der Waals surface area contributed by atoms with Crippen LogP contribution in [0.15, 0.2) is 30.3 Å². The number of carbonyl (C=O) groups excluding carboxylic acids is 1. The van der Waals surface area contributed by atoms with E-state index in [0.29, 0.717) is 6.42 Å². The summed E-state index contributed by atoms with van der Waals surface area (Å²) in [6.45, 7) is 0.882. The Bertz CT molecular complexity index is 394. The van der Waals surface area contributed by atoms with Gasteiger partial charge >= 0.3 is 0 Å². The van der Waals surface area contributed by atoms with Crippen LogP contribution in [0.4, 0.5) is 0 Å². The van der Waals surface area contributed by atoms with Crippen LogP contribution in [0.3, 0.4) is 0 Å². The van der Waals surface area contributed by atoms with Crippen LogP contribution < -0.4 is 10.6 Å². The first kappa shape index (κ1) is 14.4. The fourth-order valence-corrected chi connectivity index (χ4v) is 3.10. The number of hydrogen-bond donors (Lipinski definition) is 3. The average molecular weight is 280 g/mol. The van der Waals surface area contributed by atoms with Gasteiger partial charge in [0.05, 0.1) is 12.6 Å². The second-order valence-corrected chi connectivity index (χ2v) is 5.79. The summed E-state index contributed by atoms with van der Waals surface area (Å²) in [5.41, 5.74) is 0.935. The fraction of sp³-hybridized carbons (Fsp3) is 0.500. The van der Waals surface area contributed by atoms with Crippen molar-refractivity contribution in [3.05, 3.63) is 35.9 Å². The molecule has 0 saturated carbocycles. The van der Waals surface area contributed by atoms with Gasteiger partial charge in [0.25, 0.3) is 0 Å². The van der Waals surface area contributed by atoms with Gasteiger partial charge in [-0.25, -0.2) is 0 Å². The summed E-state index contributed by atoms with van der Waals surface area (Å²) in [5.74, 6) is 2.08. The van der Waals surface area contributed by atoms with E-state index in [-0.39, 0.29) is 24.6 Å². The first-order valence-electron chi connectivity index (χ1n) is 6.56. The summed E-state index contributed by atoms with van der Waals surface area (Å²) in [6.07, 6.45) is 0.469. The van der Waals surface area contributed by atoms with Gasteiger partial charge in [0.1, 0.15) is 0 Å². The summed E-state index contributed by atoms with van der Waals surface area (Å²) in [6, 6.07) is 9.49. The molecule has 1 saturated heterocycles. The second kappa shape index (κ2) is 7.53. The molecule has 2 rings (SSSR count). The van der Waals surface area contributed by atoms with Crippen molar-refractivity contribution >= 4 is 17.7 Å². The molecule has 104 valence electrons. The third-order valence-corrected chi connectivity index (χ3v) is 4.28. The smallest absolute Gasteiger partial charge is 0.222 e. The molecule has 3 N–H and O–H groups in total. The zero-order valence-electron chi connectivity index (χ0n) is 10.8. The number of aliphatic hydroxyl groups is 1. The summed E-state index contributed by atoms with van der Waals surface area (Å²) >= 11 is 1.87. The van der Waals surface area contributed by atoms with Gasteiger partial charge in [-0.15, -0.1) is 0 Å². The number of rotatable bonds is 5. The number of carbonyl (C=O) groups is 1. The average Bonchev–Trinajstić information content (AvgIpc) is 2.47.